The van der Waals surface area contributed by atoms with E-state index in [2.05, 4.69) is 47.2 Å². The van der Waals surface area contributed by atoms with E-state index in [-0.39, 0.29) is 0 Å². The Morgan fingerprint density at radius 2 is 2.25 bits per heavy atom. The summed E-state index contributed by atoms with van der Waals surface area (Å²) in [5.41, 5.74) is 2.44. The maximum Gasteiger partial charge on any atom is 0.127 e. The van der Waals surface area contributed by atoms with Crippen molar-refractivity contribution in [2.75, 3.05) is 13.2 Å². The lowest BCUT2D eigenvalue weighted by Crippen LogP contribution is -2.27. The Morgan fingerprint density at radius 1 is 1.44 bits per heavy atom. The molecule has 0 unspecified atom stereocenters. The lowest BCUT2D eigenvalue weighted by molar-refractivity contribution is 0.342. The van der Waals surface area contributed by atoms with Gasteiger partial charge in [-0.2, -0.15) is 0 Å². The third-order valence-corrected chi connectivity index (χ3v) is 2.98. The fourth-order valence-corrected chi connectivity index (χ4v) is 2.01. The van der Waals surface area contributed by atoms with Gasteiger partial charge in [0, 0.05) is 22.6 Å². The molecule has 1 heterocycles. The minimum absolute atomic E-state index is 0.504. The van der Waals surface area contributed by atoms with Gasteiger partial charge in [0.05, 0.1) is 0 Å². The molecule has 0 aromatic heterocycles. The lowest BCUT2D eigenvalue weighted by atomic mass is 10.1. The summed E-state index contributed by atoms with van der Waals surface area (Å²) >= 11 is 3.47. The zero-order valence-electron chi connectivity index (χ0n) is 9.59. The number of hydrogen-bond acceptors (Lipinski definition) is 2. The van der Waals surface area contributed by atoms with E-state index >= 15 is 0 Å². The highest BCUT2D eigenvalue weighted by Gasteiger charge is 2.11. The number of hydrogen-bond donors (Lipinski definition) is 1. The molecule has 0 atom stereocenters. The first kappa shape index (κ1) is 11.7. The number of nitrogens with one attached hydrogen (secondary N) is 1. The number of halogens is 1. The van der Waals surface area contributed by atoms with Gasteiger partial charge in [0.1, 0.15) is 12.4 Å². The summed E-state index contributed by atoms with van der Waals surface area (Å²) in [6.07, 6.45) is 2.21. The standard InChI is InChI=1S/C13H16BrNO/c1-9(2)15-7-10-5-11-6-12(14)3-4-13(11)16-8-10/h3-6,9,15H,7-8H2,1-2H3. The van der Waals surface area contributed by atoms with E-state index < -0.39 is 0 Å². The minimum atomic E-state index is 0.504. The molecule has 2 nitrogen and oxygen atoms in total. The van der Waals surface area contributed by atoms with E-state index in [0.717, 1.165) is 22.3 Å². The summed E-state index contributed by atoms with van der Waals surface area (Å²) in [5, 5.41) is 3.40. The van der Waals surface area contributed by atoms with E-state index in [0.29, 0.717) is 12.6 Å². The molecule has 0 spiro atoms. The van der Waals surface area contributed by atoms with Gasteiger partial charge in [-0.25, -0.2) is 0 Å². The molecule has 1 aliphatic rings. The molecule has 0 fully saturated rings. The van der Waals surface area contributed by atoms with Crippen LogP contribution in [0.15, 0.2) is 28.2 Å². The van der Waals surface area contributed by atoms with Crippen molar-refractivity contribution in [1.29, 1.82) is 0 Å². The van der Waals surface area contributed by atoms with Gasteiger partial charge in [0.2, 0.25) is 0 Å². The zero-order chi connectivity index (χ0) is 11.5. The lowest BCUT2D eigenvalue weighted by Gasteiger charge is -2.19. The molecule has 86 valence electrons. The smallest absolute Gasteiger partial charge is 0.127 e. The summed E-state index contributed by atoms with van der Waals surface area (Å²) in [6.45, 7) is 5.88. The molecule has 0 radical (unpaired) electrons. The fourth-order valence-electron chi connectivity index (χ4n) is 1.63. The highest BCUT2D eigenvalue weighted by molar-refractivity contribution is 9.10. The van der Waals surface area contributed by atoms with E-state index in [1.165, 1.54) is 5.57 Å². The van der Waals surface area contributed by atoms with Crippen LogP contribution in [0.2, 0.25) is 0 Å². The topological polar surface area (TPSA) is 21.3 Å². The summed E-state index contributed by atoms with van der Waals surface area (Å²) in [7, 11) is 0. The molecule has 1 aromatic carbocycles. The molecule has 0 saturated heterocycles. The Morgan fingerprint density at radius 3 is 3.00 bits per heavy atom. The first-order valence-corrected chi connectivity index (χ1v) is 6.29. The molecular weight excluding hydrogens is 266 g/mol. The van der Waals surface area contributed by atoms with Crippen molar-refractivity contribution in [2.45, 2.75) is 19.9 Å². The second kappa shape index (κ2) is 5.02. The second-order valence-corrected chi connectivity index (χ2v) is 5.22. The molecule has 2 rings (SSSR count). The van der Waals surface area contributed by atoms with Gasteiger partial charge in [-0.05, 0) is 29.8 Å². The Labute approximate surface area is 105 Å². The summed E-state index contributed by atoms with van der Waals surface area (Å²) < 4.78 is 6.78. The third-order valence-electron chi connectivity index (χ3n) is 2.48. The van der Waals surface area contributed by atoms with Crippen molar-refractivity contribution in [3.05, 3.63) is 33.8 Å². The van der Waals surface area contributed by atoms with Crippen LogP contribution in [0, 0.1) is 0 Å². The SMILES string of the molecule is CC(C)NCC1=Cc2cc(Br)ccc2OC1. The highest BCUT2D eigenvalue weighted by Crippen LogP contribution is 2.28. The van der Waals surface area contributed by atoms with Gasteiger partial charge in [-0.3, -0.25) is 0 Å². The highest BCUT2D eigenvalue weighted by atomic mass is 79.9. The van der Waals surface area contributed by atoms with Crippen molar-refractivity contribution < 1.29 is 4.74 Å². The first-order valence-electron chi connectivity index (χ1n) is 5.50. The normalized spacial score (nSPS) is 14.4. The minimum Gasteiger partial charge on any atom is -0.489 e. The van der Waals surface area contributed by atoms with E-state index in [9.17, 15) is 0 Å². The largest absolute Gasteiger partial charge is 0.489 e. The van der Waals surface area contributed by atoms with Crippen molar-refractivity contribution >= 4 is 22.0 Å². The van der Waals surface area contributed by atoms with Crippen LogP contribution >= 0.6 is 15.9 Å². The maximum absolute atomic E-state index is 5.69. The van der Waals surface area contributed by atoms with E-state index in [4.69, 9.17) is 4.74 Å². The van der Waals surface area contributed by atoms with Crippen molar-refractivity contribution in [2.24, 2.45) is 0 Å². The van der Waals surface area contributed by atoms with Crippen LogP contribution in [0.1, 0.15) is 19.4 Å². The van der Waals surface area contributed by atoms with E-state index in [1.54, 1.807) is 0 Å². The van der Waals surface area contributed by atoms with Crippen LogP contribution < -0.4 is 10.1 Å². The molecular formula is C13H16BrNO. The molecule has 0 bridgehead atoms. The van der Waals surface area contributed by atoms with Crippen LogP contribution in [0.5, 0.6) is 5.75 Å². The Kier molecular flexibility index (Phi) is 3.66. The number of fused-ring (bicyclic) bond motifs is 1. The Balaban J connectivity index is 2.14. The fraction of sp³-hybridized carbons (Fsp3) is 0.385. The van der Waals surface area contributed by atoms with Crippen molar-refractivity contribution in [3.8, 4) is 5.75 Å². The maximum atomic E-state index is 5.69. The van der Waals surface area contributed by atoms with Gasteiger partial charge in [-0.15, -0.1) is 0 Å². The third kappa shape index (κ3) is 2.86. The average Bonchev–Trinajstić information content (AvgIpc) is 2.25. The molecule has 1 aliphatic heterocycles. The predicted octanol–water partition coefficient (Wildman–Crippen LogP) is 3.22. The van der Waals surface area contributed by atoms with Gasteiger partial charge < -0.3 is 10.1 Å². The van der Waals surface area contributed by atoms with Crippen LogP contribution in [0.3, 0.4) is 0 Å². The van der Waals surface area contributed by atoms with Crippen LogP contribution in [0.25, 0.3) is 6.08 Å². The van der Waals surface area contributed by atoms with E-state index in [1.807, 2.05) is 12.1 Å². The predicted molar refractivity (Wildman–Crippen MR) is 70.8 cm³/mol. The first-order chi connectivity index (χ1) is 7.65. The Bertz CT molecular complexity index is 412. The van der Waals surface area contributed by atoms with Gasteiger partial charge >= 0.3 is 0 Å². The van der Waals surface area contributed by atoms with Crippen LogP contribution in [-0.2, 0) is 0 Å². The molecule has 0 aliphatic carbocycles. The average molecular weight is 282 g/mol. The molecule has 1 N–H and O–H groups in total. The quantitative estimate of drug-likeness (QED) is 0.919. The van der Waals surface area contributed by atoms with Crippen LogP contribution in [-0.4, -0.2) is 19.2 Å². The summed E-state index contributed by atoms with van der Waals surface area (Å²) in [6, 6.07) is 6.60. The zero-order valence-corrected chi connectivity index (χ0v) is 11.2. The molecule has 3 heteroatoms. The van der Waals surface area contributed by atoms with Gasteiger partial charge in [-0.1, -0.05) is 29.8 Å². The van der Waals surface area contributed by atoms with Crippen LogP contribution in [0.4, 0.5) is 0 Å². The monoisotopic (exact) mass is 281 g/mol. The molecule has 16 heavy (non-hydrogen) atoms. The van der Waals surface area contributed by atoms with Gasteiger partial charge in [0.15, 0.2) is 0 Å². The summed E-state index contributed by atoms with van der Waals surface area (Å²) in [4.78, 5) is 0. The van der Waals surface area contributed by atoms with Crippen molar-refractivity contribution in [3.63, 3.8) is 0 Å². The number of rotatable bonds is 3. The molecule has 0 amide bonds. The van der Waals surface area contributed by atoms with Crippen molar-refractivity contribution in [1.82, 2.24) is 5.32 Å². The Hall–Kier alpha value is -0.800. The van der Waals surface area contributed by atoms with Gasteiger partial charge in [0.25, 0.3) is 0 Å². The second-order valence-electron chi connectivity index (χ2n) is 4.31. The number of ether oxygens (including phenoxy) is 1. The summed E-state index contributed by atoms with van der Waals surface area (Å²) in [5.74, 6) is 0.969. The molecule has 1 aromatic rings. The number of benzene rings is 1. The molecule has 0 saturated carbocycles.